The Hall–Kier alpha value is -1.07. The van der Waals surface area contributed by atoms with E-state index in [9.17, 15) is 0 Å². The van der Waals surface area contributed by atoms with Gasteiger partial charge < -0.3 is 4.98 Å². The second kappa shape index (κ2) is 4.20. The summed E-state index contributed by atoms with van der Waals surface area (Å²) in [5, 5.41) is 3.13. The molecule has 0 spiro atoms. The fraction of sp³-hybridized carbons (Fsp3) is 0.300. The Labute approximate surface area is 97.2 Å². The van der Waals surface area contributed by atoms with Crippen LogP contribution in [-0.2, 0) is 6.42 Å². The molecular formula is C10H11N3S2. The molecule has 0 atom stereocenters. The van der Waals surface area contributed by atoms with Crippen LogP contribution in [0.4, 0.5) is 0 Å². The summed E-state index contributed by atoms with van der Waals surface area (Å²) in [5.74, 6) is 0.880. The first kappa shape index (κ1) is 10.4. The highest BCUT2D eigenvalue weighted by molar-refractivity contribution is 7.71. The predicted molar refractivity (Wildman–Crippen MR) is 63.8 cm³/mol. The van der Waals surface area contributed by atoms with Crippen molar-refractivity contribution in [2.24, 2.45) is 0 Å². The molecular weight excluding hydrogens is 226 g/mol. The van der Waals surface area contributed by atoms with Crippen LogP contribution < -0.4 is 0 Å². The maximum atomic E-state index is 5.06. The number of aromatic amines is 1. The number of thiazole rings is 1. The molecule has 0 aliphatic heterocycles. The Morgan fingerprint density at radius 2 is 2.20 bits per heavy atom. The third-order valence-electron chi connectivity index (χ3n) is 1.94. The van der Waals surface area contributed by atoms with Gasteiger partial charge >= 0.3 is 0 Å². The molecule has 2 rings (SSSR count). The van der Waals surface area contributed by atoms with E-state index < -0.39 is 0 Å². The van der Waals surface area contributed by atoms with Crippen LogP contribution in [0.15, 0.2) is 11.4 Å². The Balaban J connectivity index is 2.28. The van der Waals surface area contributed by atoms with Crippen molar-refractivity contribution >= 4 is 23.6 Å². The molecule has 15 heavy (non-hydrogen) atoms. The molecule has 0 aliphatic carbocycles. The van der Waals surface area contributed by atoms with E-state index in [1.54, 1.807) is 11.3 Å². The zero-order valence-corrected chi connectivity index (χ0v) is 10.2. The molecule has 78 valence electrons. The van der Waals surface area contributed by atoms with Gasteiger partial charge in [-0.3, -0.25) is 0 Å². The van der Waals surface area contributed by atoms with E-state index in [-0.39, 0.29) is 0 Å². The maximum absolute atomic E-state index is 5.06. The van der Waals surface area contributed by atoms with E-state index in [2.05, 4.69) is 20.3 Å². The number of rotatable bonds is 2. The highest BCUT2D eigenvalue weighted by atomic mass is 32.1. The van der Waals surface area contributed by atoms with Crippen molar-refractivity contribution in [2.45, 2.75) is 20.3 Å². The van der Waals surface area contributed by atoms with Gasteiger partial charge in [0.2, 0.25) is 0 Å². The van der Waals surface area contributed by atoms with E-state index in [1.807, 2.05) is 19.9 Å². The highest BCUT2D eigenvalue weighted by Crippen LogP contribution is 2.11. The monoisotopic (exact) mass is 237 g/mol. The smallest absolute Gasteiger partial charge is 0.129 e. The Bertz CT molecular complexity index is 527. The first-order valence-corrected chi connectivity index (χ1v) is 5.90. The molecule has 0 saturated heterocycles. The van der Waals surface area contributed by atoms with Gasteiger partial charge in [0.15, 0.2) is 0 Å². The van der Waals surface area contributed by atoms with Gasteiger partial charge in [-0.2, -0.15) is 0 Å². The minimum absolute atomic E-state index is 0.633. The molecule has 5 heteroatoms. The summed E-state index contributed by atoms with van der Waals surface area (Å²) in [5.41, 5.74) is 2.08. The lowest BCUT2D eigenvalue weighted by atomic mass is 10.3. The van der Waals surface area contributed by atoms with Gasteiger partial charge in [-0.05, 0) is 19.9 Å². The van der Waals surface area contributed by atoms with Crippen LogP contribution in [0.25, 0.3) is 0 Å². The van der Waals surface area contributed by atoms with Crippen LogP contribution in [0.1, 0.15) is 22.2 Å². The standard InChI is InChI=1S/C10H11N3S2/c1-6-3-10(14)13-9(11-6)4-8-5-15-7(2)12-8/h3,5H,4H2,1-2H3,(H,11,13,14). The average molecular weight is 237 g/mol. The largest absolute Gasteiger partial charge is 0.347 e. The van der Waals surface area contributed by atoms with Gasteiger partial charge in [0.1, 0.15) is 10.5 Å². The number of nitrogens with zero attached hydrogens (tertiary/aromatic N) is 2. The summed E-state index contributed by atoms with van der Waals surface area (Å²) in [6.07, 6.45) is 0.718. The number of aromatic nitrogens is 3. The summed E-state index contributed by atoms with van der Waals surface area (Å²) < 4.78 is 0.633. The first-order chi connectivity index (χ1) is 7.13. The van der Waals surface area contributed by atoms with Crippen molar-refractivity contribution < 1.29 is 0 Å². The lowest BCUT2D eigenvalue weighted by Crippen LogP contribution is -1.98. The molecule has 1 N–H and O–H groups in total. The molecule has 2 aromatic rings. The topological polar surface area (TPSA) is 41.6 Å². The molecule has 0 amide bonds. The van der Waals surface area contributed by atoms with Crippen LogP contribution in [0.5, 0.6) is 0 Å². The van der Waals surface area contributed by atoms with Crippen molar-refractivity contribution in [1.82, 2.24) is 15.0 Å². The lowest BCUT2D eigenvalue weighted by molar-refractivity contribution is 0.914. The van der Waals surface area contributed by atoms with Crippen molar-refractivity contribution in [2.75, 3.05) is 0 Å². The molecule has 2 aromatic heterocycles. The molecule has 0 radical (unpaired) electrons. The van der Waals surface area contributed by atoms with Crippen LogP contribution >= 0.6 is 23.6 Å². The van der Waals surface area contributed by atoms with Gasteiger partial charge in [0, 0.05) is 17.5 Å². The predicted octanol–water partition coefficient (Wildman–Crippen LogP) is 2.80. The van der Waals surface area contributed by atoms with Crippen molar-refractivity contribution in [3.05, 3.63) is 38.3 Å². The molecule has 0 aliphatic rings. The minimum atomic E-state index is 0.633. The number of hydrogen-bond acceptors (Lipinski definition) is 4. The zero-order chi connectivity index (χ0) is 10.8. The zero-order valence-electron chi connectivity index (χ0n) is 8.57. The van der Waals surface area contributed by atoms with Crippen LogP contribution in [0, 0.1) is 18.5 Å². The van der Waals surface area contributed by atoms with E-state index in [4.69, 9.17) is 12.2 Å². The fourth-order valence-electron chi connectivity index (χ4n) is 1.39. The second-order valence-electron chi connectivity index (χ2n) is 3.38. The average Bonchev–Trinajstić information content (AvgIpc) is 2.49. The normalized spacial score (nSPS) is 10.5. The molecule has 0 unspecified atom stereocenters. The number of nitrogens with one attached hydrogen (secondary N) is 1. The molecule has 0 aromatic carbocycles. The molecule has 0 bridgehead atoms. The van der Waals surface area contributed by atoms with Gasteiger partial charge in [-0.15, -0.1) is 11.3 Å². The summed E-state index contributed by atoms with van der Waals surface area (Å²) in [6.45, 7) is 3.98. The van der Waals surface area contributed by atoms with Gasteiger partial charge in [0.05, 0.1) is 10.7 Å². The van der Waals surface area contributed by atoms with E-state index in [0.717, 1.165) is 28.6 Å². The van der Waals surface area contributed by atoms with E-state index in [1.165, 1.54) is 0 Å². The highest BCUT2D eigenvalue weighted by Gasteiger charge is 2.02. The van der Waals surface area contributed by atoms with Gasteiger partial charge in [-0.1, -0.05) is 12.2 Å². The van der Waals surface area contributed by atoms with Crippen LogP contribution in [-0.4, -0.2) is 15.0 Å². The number of H-pyrrole nitrogens is 1. The van der Waals surface area contributed by atoms with E-state index >= 15 is 0 Å². The summed E-state index contributed by atoms with van der Waals surface area (Å²) in [6, 6.07) is 1.85. The summed E-state index contributed by atoms with van der Waals surface area (Å²) in [7, 11) is 0. The SMILES string of the molecule is Cc1cc(=S)nc(Cc2csc(C)n2)[nH]1. The summed E-state index contributed by atoms with van der Waals surface area (Å²) >= 11 is 6.71. The summed E-state index contributed by atoms with van der Waals surface area (Å²) in [4.78, 5) is 11.8. The third kappa shape index (κ3) is 2.70. The van der Waals surface area contributed by atoms with E-state index in [0.29, 0.717) is 4.64 Å². The molecule has 2 heterocycles. The molecule has 0 fully saturated rings. The quantitative estimate of drug-likeness (QED) is 0.817. The Morgan fingerprint density at radius 3 is 2.80 bits per heavy atom. The second-order valence-corrected chi connectivity index (χ2v) is 4.86. The van der Waals surface area contributed by atoms with Crippen LogP contribution in [0.3, 0.4) is 0 Å². The third-order valence-corrected chi connectivity index (χ3v) is 2.97. The van der Waals surface area contributed by atoms with Gasteiger partial charge in [-0.25, -0.2) is 9.97 Å². The first-order valence-electron chi connectivity index (χ1n) is 4.61. The minimum Gasteiger partial charge on any atom is -0.347 e. The maximum Gasteiger partial charge on any atom is 0.129 e. The Morgan fingerprint density at radius 1 is 1.40 bits per heavy atom. The number of hydrogen-bond donors (Lipinski definition) is 1. The van der Waals surface area contributed by atoms with Crippen molar-refractivity contribution in [3.63, 3.8) is 0 Å². The number of aryl methyl sites for hydroxylation is 2. The van der Waals surface area contributed by atoms with Crippen LogP contribution in [0.2, 0.25) is 0 Å². The molecule has 3 nitrogen and oxygen atoms in total. The van der Waals surface area contributed by atoms with Crippen molar-refractivity contribution in [1.29, 1.82) is 0 Å². The van der Waals surface area contributed by atoms with Gasteiger partial charge in [0.25, 0.3) is 0 Å². The lowest BCUT2D eigenvalue weighted by Gasteiger charge is -2.00. The molecule has 0 saturated carbocycles. The Kier molecular flexibility index (Phi) is 2.93. The fourth-order valence-corrected chi connectivity index (χ4v) is 2.29. The van der Waals surface area contributed by atoms with Crippen molar-refractivity contribution in [3.8, 4) is 0 Å².